The van der Waals surface area contributed by atoms with Crippen LogP contribution in [0.2, 0.25) is 0 Å². The molecule has 3 atom stereocenters. The number of primary amides is 1. The third-order valence-corrected chi connectivity index (χ3v) is 5.71. The molecule has 1 aliphatic rings. The Morgan fingerprint density at radius 2 is 1.94 bits per heavy atom. The predicted molar refractivity (Wildman–Crippen MR) is 118 cm³/mol. The van der Waals surface area contributed by atoms with Crippen molar-refractivity contribution in [1.29, 1.82) is 0 Å². The van der Waals surface area contributed by atoms with Gasteiger partial charge in [-0.25, -0.2) is 13.6 Å². The van der Waals surface area contributed by atoms with Crippen molar-refractivity contribution in [3.05, 3.63) is 11.7 Å². The maximum atomic E-state index is 14.6. The fraction of sp³-hybridized carbons (Fsp3) is 0.773. The smallest absolute Gasteiger partial charge is 0.315 e. The minimum absolute atomic E-state index is 0.0811. The number of carbonyl (C=O) groups excluding carboxylic acids is 3. The molecule has 1 saturated heterocycles. The van der Waals surface area contributed by atoms with E-state index in [1.165, 1.54) is 4.90 Å². The number of ether oxygens (including phenoxy) is 1. The molecule has 3 N–H and O–H groups in total. The van der Waals surface area contributed by atoms with Crippen LogP contribution in [0, 0.1) is 5.92 Å². The molecule has 2 heterocycles. The number of morpholine rings is 1. The Morgan fingerprint density at radius 1 is 1.26 bits per heavy atom. The highest BCUT2D eigenvalue weighted by molar-refractivity contribution is 5.99. The van der Waals surface area contributed by atoms with Crippen molar-refractivity contribution in [2.24, 2.45) is 11.7 Å². The van der Waals surface area contributed by atoms with Crippen molar-refractivity contribution in [3.8, 4) is 0 Å². The number of aromatic nitrogens is 2. The lowest BCUT2D eigenvalue weighted by Crippen LogP contribution is -2.58. The van der Waals surface area contributed by atoms with Crippen molar-refractivity contribution in [2.45, 2.75) is 83.7 Å². The van der Waals surface area contributed by atoms with E-state index in [-0.39, 0.29) is 44.3 Å². The third kappa shape index (κ3) is 6.94. The Hall–Kier alpha value is -2.63. The fourth-order valence-corrected chi connectivity index (χ4v) is 3.84. The Balaban J connectivity index is 2.28. The molecule has 192 valence electrons. The molecular formula is C22H35F2N5O5. The lowest BCUT2D eigenvalue weighted by molar-refractivity contribution is -0.135. The SMILES string of the molecule is CCCC(F)(F)C[C@H](C(=O)N[C@@H](CC)C(=O)c1noc(C(C)(C)C)n1)C1COCCN1C(N)=O. The van der Waals surface area contributed by atoms with Crippen molar-refractivity contribution >= 4 is 17.7 Å². The molecule has 1 aromatic heterocycles. The van der Waals surface area contributed by atoms with Crippen LogP contribution in [0.3, 0.4) is 0 Å². The number of rotatable bonds is 10. The molecular weight excluding hydrogens is 452 g/mol. The molecule has 0 radical (unpaired) electrons. The van der Waals surface area contributed by atoms with Crippen LogP contribution in [0.15, 0.2) is 4.52 Å². The molecule has 0 spiro atoms. The van der Waals surface area contributed by atoms with Crippen LogP contribution in [-0.4, -0.2) is 70.5 Å². The number of hydrogen-bond acceptors (Lipinski definition) is 7. The van der Waals surface area contributed by atoms with Gasteiger partial charge in [0.05, 0.1) is 31.2 Å². The summed E-state index contributed by atoms with van der Waals surface area (Å²) in [6, 6.07) is -2.87. The van der Waals surface area contributed by atoms with Gasteiger partial charge in [0.25, 0.3) is 0 Å². The van der Waals surface area contributed by atoms with Gasteiger partial charge < -0.3 is 25.2 Å². The first-order chi connectivity index (χ1) is 15.8. The average Bonchev–Trinajstić information content (AvgIpc) is 3.26. The second-order valence-electron chi connectivity index (χ2n) is 9.60. The van der Waals surface area contributed by atoms with Crippen molar-refractivity contribution in [1.82, 2.24) is 20.4 Å². The molecule has 0 bridgehead atoms. The molecule has 1 unspecified atom stereocenters. The Bertz CT molecular complexity index is 870. The van der Waals surface area contributed by atoms with Crippen LogP contribution in [0.25, 0.3) is 0 Å². The number of amides is 3. The number of alkyl halides is 2. The number of nitrogens with zero attached hydrogens (tertiary/aromatic N) is 3. The molecule has 0 aliphatic carbocycles. The summed E-state index contributed by atoms with van der Waals surface area (Å²) in [5, 5.41) is 6.27. The third-order valence-electron chi connectivity index (χ3n) is 5.71. The van der Waals surface area contributed by atoms with Crippen LogP contribution in [0.5, 0.6) is 0 Å². The van der Waals surface area contributed by atoms with Gasteiger partial charge in [-0.15, -0.1) is 0 Å². The van der Waals surface area contributed by atoms with Gasteiger partial charge in [0.2, 0.25) is 29.3 Å². The van der Waals surface area contributed by atoms with Crippen LogP contribution in [0.1, 0.15) is 76.8 Å². The Kier molecular flexibility index (Phi) is 9.09. The van der Waals surface area contributed by atoms with E-state index in [1.807, 2.05) is 20.8 Å². The van der Waals surface area contributed by atoms with E-state index in [0.29, 0.717) is 0 Å². The number of urea groups is 1. The summed E-state index contributed by atoms with van der Waals surface area (Å²) < 4.78 is 39.8. The minimum atomic E-state index is -3.15. The second kappa shape index (κ2) is 11.2. The maximum Gasteiger partial charge on any atom is 0.315 e. The van der Waals surface area contributed by atoms with Gasteiger partial charge in [0, 0.05) is 24.8 Å². The van der Waals surface area contributed by atoms with Gasteiger partial charge >= 0.3 is 6.03 Å². The van der Waals surface area contributed by atoms with Gasteiger partial charge in [-0.3, -0.25) is 9.59 Å². The van der Waals surface area contributed by atoms with Crippen LogP contribution < -0.4 is 11.1 Å². The van der Waals surface area contributed by atoms with Crippen molar-refractivity contribution in [2.75, 3.05) is 19.8 Å². The zero-order chi connectivity index (χ0) is 25.7. The van der Waals surface area contributed by atoms with Crippen molar-refractivity contribution in [3.63, 3.8) is 0 Å². The molecule has 2 rings (SSSR count). The summed E-state index contributed by atoms with van der Waals surface area (Å²) in [6.07, 6.45) is -0.851. The van der Waals surface area contributed by atoms with Crippen LogP contribution >= 0.6 is 0 Å². The molecule has 1 fully saturated rings. The molecule has 1 aromatic rings. The molecule has 34 heavy (non-hydrogen) atoms. The van der Waals surface area contributed by atoms with Gasteiger partial charge in [-0.2, -0.15) is 4.98 Å². The normalized spacial score (nSPS) is 18.9. The minimum Gasteiger partial charge on any atom is -0.377 e. The highest BCUT2D eigenvalue weighted by Gasteiger charge is 2.44. The molecule has 10 nitrogen and oxygen atoms in total. The fourth-order valence-electron chi connectivity index (χ4n) is 3.84. The quantitative estimate of drug-likeness (QED) is 0.483. The Labute approximate surface area is 197 Å². The summed E-state index contributed by atoms with van der Waals surface area (Å²) in [5.74, 6) is -5.83. The van der Waals surface area contributed by atoms with E-state index in [4.69, 9.17) is 15.0 Å². The highest BCUT2D eigenvalue weighted by atomic mass is 19.3. The molecule has 3 amide bonds. The topological polar surface area (TPSA) is 141 Å². The van der Waals surface area contributed by atoms with E-state index in [0.717, 1.165) is 0 Å². The highest BCUT2D eigenvalue weighted by Crippen LogP contribution is 2.32. The Morgan fingerprint density at radius 3 is 2.47 bits per heavy atom. The number of Topliss-reactive ketones (excluding diaryl/α,β-unsaturated/α-hetero) is 1. The lowest BCUT2D eigenvalue weighted by Gasteiger charge is -2.39. The van der Waals surface area contributed by atoms with Gasteiger partial charge in [-0.1, -0.05) is 46.2 Å². The number of halogens is 2. The number of carbonyl (C=O) groups is 3. The lowest BCUT2D eigenvalue weighted by atomic mass is 9.88. The second-order valence-corrected chi connectivity index (χ2v) is 9.60. The van der Waals surface area contributed by atoms with E-state index < -0.39 is 59.9 Å². The summed E-state index contributed by atoms with van der Waals surface area (Å²) >= 11 is 0. The van der Waals surface area contributed by atoms with E-state index >= 15 is 0 Å². The zero-order valence-electron chi connectivity index (χ0n) is 20.4. The number of ketones is 1. The largest absolute Gasteiger partial charge is 0.377 e. The molecule has 12 heteroatoms. The maximum absolute atomic E-state index is 14.6. The summed E-state index contributed by atoms with van der Waals surface area (Å²) in [6.45, 7) is 8.94. The van der Waals surface area contributed by atoms with Crippen LogP contribution in [-0.2, 0) is 14.9 Å². The van der Waals surface area contributed by atoms with E-state index in [9.17, 15) is 23.2 Å². The summed E-state index contributed by atoms with van der Waals surface area (Å²) in [7, 11) is 0. The zero-order valence-corrected chi connectivity index (χ0v) is 20.4. The number of nitrogens with one attached hydrogen (secondary N) is 1. The van der Waals surface area contributed by atoms with E-state index in [1.54, 1.807) is 13.8 Å². The molecule has 0 saturated carbocycles. The molecule has 0 aromatic carbocycles. The molecule has 1 aliphatic heterocycles. The standard InChI is InChI=1S/C22H35F2N5O5/c1-6-8-22(23,24)11-13(15-12-33-10-9-29(15)20(25)32)18(31)26-14(7-2)16(30)17-27-19(34-28-17)21(3,4)5/h13-15H,6-12H2,1-5H3,(H2,25,32)(H,26,31)/t13-,14-,15?/m0/s1. The van der Waals surface area contributed by atoms with Gasteiger partial charge in [0.1, 0.15) is 0 Å². The average molecular weight is 488 g/mol. The monoisotopic (exact) mass is 487 g/mol. The first kappa shape index (κ1) is 27.6. The van der Waals surface area contributed by atoms with Crippen molar-refractivity contribution < 1.29 is 32.4 Å². The van der Waals surface area contributed by atoms with Gasteiger partial charge in [0.15, 0.2) is 0 Å². The van der Waals surface area contributed by atoms with Gasteiger partial charge in [-0.05, 0) is 6.42 Å². The van der Waals surface area contributed by atoms with E-state index in [2.05, 4.69) is 15.5 Å². The summed E-state index contributed by atoms with van der Waals surface area (Å²) in [4.78, 5) is 43.4. The first-order valence-corrected chi connectivity index (χ1v) is 11.5. The summed E-state index contributed by atoms with van der Waals surface area (Å²) in [5.41, 5.74) is 4.96. The number of hydrogen-bond donors (Lipinski definition) is 2. The predicted octanol–water partition coefficient (Wildman–Crippen LogP) is 2.67. The number of nitrogens with two attached hydrogens (primary N) is 1. The van der Waals surface area contributed by atoms with Crippen LogP contribution in [0.4, 0.5) is 13.6 Å². The first-order valence-electron chi connectivity index (χ1n) is 11.5.